The van der Waals surface area contributed by atoms with E-state index in [2.05, 4.69) is 49.0 Å². The van der Waals surface area contributed by atoms with Crippen LogP contribution in [-0.4, -0.2) is 16.1 Å². The van der Waals surface area contributed by atoms with Crippen molar-refractivity contribution in [1.29, 1.82) is 0 Å². The van der Waals surface area contributed by atoms with Crippen LogP contribution in [0.1, 0.15) is 44.5 Å². The Balaban J connectivity index is 2.04. The second kappa shape index (κ2) is 4.54. The lowest BCUT2D eigenvalue weighted by molar-refractivity contribution is 0.527. The van der Waals surface area contributed by atoms with Gasteiger partial charge in [-0.3, -0.25) is 0 Å². The molecule has 3 rings (SSSR count). The van der Waals surface area contributed by atoms with E-state index in [1.807, 2.05) is 12.1 Å². The number of imidazole rings is 1. The van der Waals surface area contributed by atoms with Gasteiger partial charge in [0.05, 0.1) is 11.7 Å². The molecule has 20 heavy (non-hydrogen) atoms. The van der Waals surface area contributed by atoms with E-state index in [4.69, 9.17) is 10.7 Å². The van der Waals surface area contributed by atoms with E-state index in [1.54, 1.807) is 0 Å². The molecule has 2 aromatic rings. The molecule has 0 saturated heterocycles. The fourth-order valence-corrected chi connectivity index (χ4v) is 2.68. The Morgan fingerprint density at radius 2 is 2.15 bits per heavy atom. The quantitative estimate of drug-likeness (QED) is 0.783. The van der Waals surface area contributed by atoms with Gasteiger partial charge < -0.3 is 15.6 Å². The van der Waals surface area contributed by atoms with E-state index >= 15 is 0 Å². The summed E-state index contributed by atoms with van der Waals surface area (Å²) < 4.78 is 2.25. The molecule has 0 amide bonds. The average Bonchev–Trinajstić information content (AvgIpc) is 2.82. The van der Waals surface area contributed by atoms with Crippen LogP contribution >= 0.6 is 0 Å². The van der Waals surface area contributed by atoms with Gasteiger partial charge in [0.2, 0.25) is 5.95 Å². The predicted octanol–water partition coefficient (Wildman–Crippen LogP) is 3.17. The molecular formula is C16H22N4. The third-order valence-corrected chi connectivity index (χ3v) is 3.83. The molecule has 0 fully saturated rings. The van der Waals surface area contributed by atoms with E-state index in [1.165, 1.54) is 5.56 Å². The largest absolute Gasteiger partial charge is 0.399 e. The maximum atomic E-state index is 5.92. The molecule has 0 bridgehead atoms. The monoisotopic (exact) mass is 270 g/mol. The van der Waals surface area contributed by atoms with Crippen LogP contribution in [0.25, 0.3) is 0 Å². The third kappa shape index (κ3) is 2.26. The Kier molecular flexibility index (Phi) is 2.96. The van der Waals surface area contributed by atoms with Crippen LogP contribution in [0.2, 0.25) is 0 Å². The molecule has 1 unspecified atom stereocenters. The van der Waals surface area contributed by atoms with E-state index in [0.29, 0.717) is 6.04 Å². The molecule has 2 heterocycles. The first-order chi connectivity index (χ1) is 9.45. The number of hydrogen-bond acceptors (Lipinski definition) is 3. The van der Waals surface area contributed by atoms with Gasteiger partial charge in [0.15, 0.2) is 0 Å². The summed E-state index contributed by atoms with van der Waals surface area (Å²) in [4.78, 5) is 4.74. The van der Waals surface area contributed by atoms with Crippen LogP contribution in [0, 0.1) is 0 Å². The lowest BCUT2D eigenvalue weighted by Crippen LogP contribution is -2.23. The normalized spacial score (nSPS) is 18.4. The minimum Gasteiger partial charge on any atom is -0.399 e. The summed E-state index contributed by atoms with van der Waals surface area (Å²) in [5.41, 5.74) is 9.18. The predicted molar refractivity (Wildman–Crippen MR) is 83.0 cm³/mol. The summed E-state index contributed by atoms with van der Waals surface area (Å²) in [6.07, 6.45) is 3.23. The van der Waals surface area contributed by atoms with Gasteiger partial charge in [0.1, 0.15) is 0 Å². The molecule has 0 spiro atoms. The molecule has 1 aromatic carbocycles. The highest BCUT2D eigenvalue weighted by atomic mass is 15.2. The lowest BCUT2D eigenvalue weighted by atomic mass is 9.93. The SMILES string of the molecule is CC(C)(C)c1cn2c(n1)NCCC2c1cccc(N)c1. The van der Waals surface area contributed by atoms with Crippen molar-refractivity contribution >= 4 is 11.6 Å². The molecule has 106 valence electrons. The van der Waals surface area contributed by atoms with E-state index in [0.717, 1.165) is 30.3 Å². The molecule has 0 aliphatic carbocycles. The number of aromatic nitrogens is 2. The Hall–Kier alpha value is -1.97. The Bertz CT molecular complexity index is 622. The summed E-state index contributed by atoms with van der Waals surface area (Å²) in [6, 6.07) is 8.48. The minimum atomic E-state index is 0.0618. The first kappa shape index (κ1) is 13.0. The topological polar surface area (TPSA) is 55.9 Å². The van der Waals surface area contributed by atoms with Gasteiger partial charge in [0, 0.05) is 23.8 Å². The zero-order valence-electron chi connectivity index (χ0n) is 12.4. The number of nitrogen functional groups attached to an aromatic ring is 1. The van der Waals surface area contributed by atoms with E-state index < -0.39 is 0 Å². The Labute approximate surface area is 120 Å². The number of nitrogens with two attached hydrogens (primary N) is 1. The van der Waals surface area contributed by atoms with Gasteiger partial charge >= 0.3 is 0 Å². The highest BCUT2D eigenvalue weighted by Gasteiger charge is 2.26. The van der Waals surface area contributed by atoms with Crippen molar-refractivity contribution in [2.75, 3.05) is 17.6 Å². The summed E-state index contributed by atoms with van der Waals surface area (Å²) >= 11 is 0. The zero-order valence-corrected chi connectivity index (χ0v) is 12.4. The molecule has 1 aromatic heterocycles. The van der Waals surface area contributed by atoms with Crippen LogP contribution in [0.5, 0.6) is 0 Å². The molecule has 1 atom stereocenters. The van der Waals surface area contributed by atoms with Gasteiger partial charge in [0.25, 0.3) is 0 Å². The minimum absolute atomic E-state index is 0.0618. The highest BCUT2D eigenvalue weighted by molar-refractivity contribution is 5.44. The fraction of sp³-hybridized carbons (Fsp3) is 0.438. The summed E-state index contributed by atoms with van der Waals surface area (Å²) in [7, 11) is 0. The second-order valence-corrected chi connectivity index (χ2v) is 6.51. The number of anilines is 2. The lowest BCUT2D eigenvalue weighted by Gasteiger charge is -2.26. The van der Waals surface area contributed by atoms with Gasteiger partial charge in [-0.05, 0) is 24.1 Å². The molecule has 3 N–H and O–H groups in total. The third-order valence-electron chi connectivity index (χ3n) is 3.83. The number of nitrogens with zero attached hydrogens (tertiary/aromatic N) is 2. The smallest absolute Gasteiger partial charge is 0.203 e. The van der Waals surface area contributed by atoms with Crippen molar-refractivity contribution in [3.63, 3.8) is 0 Å². The standard InChI is InChI=1S/C16H22N4/c1-16(2,3)14-10-20-13(7-8-18-15(20)19-14)11-5-4-6-12(17)9-11/h4-6,9-10,13H,7-8,17H2,1-3H3,(H,18,19). The van der Waals surface area contributed by atoms with Crippen LogP contribution in [0.4, 0.5) is 11.6 Å². The van der Waals surface area contributed by atoms with Crippen molar-refractivity contribution in [2.45, 2.75) is 38.6 Å². The van der Waals surface area contributed by atoms with Crippen LogP contribution in [0.15, 0.2) is 30.5 Å². The van der Waals surface area contributed by atoms with Crippen molar-refractivity contribution in [1.82, 2.24) is 9.55 Å². The summed E-state index contributed by atoms with van der Waals surface area (Å²) in [6.45, 7) is 7.52. The molecule has 1 aliphatic rings. The second-order valence-electron chi connectivity index (χ2n) is 6.51. The molecular weight excluding hydrogens is 248 g/mol. The van der Waals surface area contributed by atoms with E-state index in [-0.39, 0.29) is 5.41 Å². The van der Waals surface area contributed by atoms with Crippen molar-refractivity contribution < 1.29 is 0 Å². The molecule has 0 radical (unpaired) electrons. The fourth-order valence-electron chi connectivity index (χ4n) is 2.68. The van der Waals surface area contributed by atoms with Gasteiger partial charge in [-0.2, -0.15) is 0 Å². The number of nitrogens with one attached hydrogen (secondary N) is 1. The number of benzene rings is 1. The van der Waals surface area contributed by atoms with Crippen LogP contribution in [-0.2, 0) is 5.41 Å². The maximum Gasteiger partial charge on any atom is 0.203 e. The van der Waals surface area contributed by atoms with E-state index in [9.17, 15) is 0 Å². The Morgan fingerprint density at radius 3 is 2.85 bits per heavy atom. The highest BCUT2D eigenvalue weighted by Crippen LogP contribution is 2.33. The van der Waals surface area contributed by atoms with Crippen molar-refractivity contribution in [3.8, 4) is 0 Å². The Morgan fingerprint density at radius 1 is 1.35 bits per heavy atom. The van der Waals surface area contributed by atoms with Gasteiger partial charge in [-0.25, -0.2) is 4.98 Å². The summed E-state index contributed by atoms with van der Waals surface area (Å²) in [5, 5.41) is 3.39. The van der Waals surface area contributed by atoms with Crippen LogP contribution < -0.4 is 11.1 Å². The summed E-state index contributed by atoms with van der Waals surface area (Å²) in [5.74, 6) is 0.966. The number of fused-ring (bicyclic) bond motifs is 1. The van der Waals surface area contributed by atoms with Crippen molar-refractivity contribution in [2.24, 2.45) is 0 Å². The average molecular weight is 270 g/mol. The van der Waals surface area contributed by atoms with Crippen molar-refractivity contribution in [3.05, 3.63) is 41.7 Å². The number of hydrogen-bond donors (Lipinski definition) is 2. The van der Waals surface area contributed by atoms with Gasteiger partial charge in [-0.15, -0.1) is 0 Å². The zero-order chi connectivity index (χ0) is 14.3. The van der Waals surface area contributed by atoms with Crippen LogP contribution in [0.3, 0.4) is 0 Å². The molecule has 4 nitrogen and oxygen atoms in total. The first-order valence-corrected chi connectivity index (χ1v) is 7.14. The van der Waals surface area contributed by atoms with Gasteiger partial charge in [-0.1, -0.05) is 32.9 Å². The maximum absolute atomic E-state index is 5.92. The first-order valence-electron chi connectivity index (χ1n) is 7.14. The molecule has 4 heteroatoms. The molecule has 0 saturated carbocycles. The molecule has 1 aliphatic heterocycles. The number of rotatable bonds is 1.